The van der Waals surface area contributed by atoms with Gasteiger partial charge in [0.1, 0.15) is 0 Å². The number of aliphatic hydroxyl groups is 1. The minimum atomic E-state index is -0.404. The van der Waals surface area contributed by atoms with E-state index in [2.05, 4.69) is 17.1 Å². The van der Waals surface area contributed by atoms with Gasteiger partial charge in [0.25, 0.3) is 0 Å². The number of nitrogens with one attached hydrogen (secondary N) is 1. The van der Waals surface area contributed by atoms with Gasteiger partial charge in [0, 0.05) is 12.6 Å². The summed E-state index contributed by atoms with van der Waals surface area (Å²) in [7, 11) is 0. The third-order valence-corrected chi connectivity index (χ3v) is 7.31. The predicted octanol–water partition coefficient (Wildman–Crippen LogP) is 2.12. The minimum absolute atomic E-state index is 0.0275. The van der Waals surface area contributed by atoms with Crippen LogP contribution in [0.5, 0.6) is 0 Å². The Labute approximate surface area is 126 Å². The molecule has 1 heterocycles. The van der Waals surface area contributed by atoms with E-state index in [1.807, 2.05) is 0 Å². The lowest BCUT2D eigenvalue weighted by Crippen LogP contribution is -2.65. The molecule has 4 bridgehead atoms. The van der Waals surface area contributed by atoms with Gasteiger partial charge in [-0.3, -0.25) is 0 Å². The van der Waals surface area contributed by atoms with Gasteiger partial charge in [-0.1, -0.05) is 0 Å². The molecule has 4 heteroatoms. The first-order valence-electron chi connectivity index (χ1n) is 8.78. The van der Waals surface area contributed by atoms with Crippen molar-refractivity contribution in [3.63, 3.8) is 0 Å². The normalized spacial score (nSPS) is 55.1. The first-order valence-corrected chi connectivity index (χ1v) is 8.78. The Kier molecular flexibility index (Phi) is 2.28. The number of rotatable bonds is 2. The van der Waals surface area contributed by atoms with E-state index in [1.54, 1.807) is 0 Å². The van der Waals surface area contributed by atoms with Crippen LogP contribution in [0.1, 0.15) is 51.9 Å². The van der Waals surface area contributed by atoms with Crippen LogP contribution in [0.2, 0.25) is 0 Å². The summed E-state index contributed by atoms with van der Waals surface area (Å²) in [4.78, 5) is 14.8. The van der Waals surface area contributed by atoms with Crippen molar-refractivity contribution in [2.45, 2.75) is 69.1 Å². The van der Waals surface area contributed by atoms with Crippen molar-refractivity contribution < 1.29 is 9.90 Å². The Hall–Kier alpha value is -0.770. The standard InChI is InChI=1S/C17H26N2O2/c1-16(13-2-3-13)9-18-15(20)19(16)14-11-4-10-5-12(14)8-17(21,6-10)7-11/h10-14,21H,2-9H2,1H3,(H,18,20)/t10?,11?,12?,14?,16-,17?/m0/s1. The first kappa shape index (κ1) is 12.7. The lowest BCUT2D eigenvalue weighted by Gasteiger charge is -2.61. The Morgan fingerprint density at radius 2 is 1.86 bits per heavy atom. The summed E-state index contributed by atoms with van der Waals surface area (Å²) in [6.07, 6.45) is 7.87. The highest BCUT2D eigenvalue weighted by Crippen LogP contribution is 2.59. The maximum absolute atomic E-state index is 12.6. The van der Waals surface area contributed by atoms with Gasteiger partial charge in [0.2, 0.25) is 0 Å². The molecule has 5 aliphatic carbocycles. The van der Waals surface area contributed by atoms with E-state index in [0.29, 0.717) is 29.7 Å². The number of carbonyl (C=O) groups is 1. The molecular formula is C17H26N2O2. The smallest absolute Gasteiger partial charge is 0.318 e. The fourth-order valence-corrected chi connectivity index (χ4v) is 6.56. The largest absolute Gasteiger partial charge is 0.390 e. The average Bonchev–Trinajstić information content (AvgIpc) is 3.19. The van der Waals surface area contributed by atoms with E-state index >= 15 is 0 Å². The minimum Gasteiger partial charge on any atom is -0.390 e. The quantitative estimate of drug-likeness (QED) is 0.818. The Bertz CT molecular complexity index is 487. The lowest BCUT2D eigenvalue weighted by atomic mass is 9.51. The molecule has 0 aromatic heterocycles. The molecule has 2 amide bonds. The summed E-state index contributed by atoms with van der Waals surface area (Å²) in [6.45, 7) is 3.11. The van der Waals surface area contributed by atoms with E-state index in [1.165, 1.54) is 25.7 Å². The molecular weight excluding hydrogens is 264 g/mol. The molecule has 6 fully saturated rings. The number of urea groups is 1. The van der Waals surface area contributed by atoms with Crippen molar-refractivity contribution in [3.05, 3.63) is 0 Å². The number of nitrogens with zero attached hydrogens (tertiary/aromatic N) is 1. The molecule has 116 valence electrons. The van der Waals surface area contributed by atoms with Crippen molar-refractivity contribution in [2.24, 2.45) is 23.7 Å². The second kappa shape index (κ2) is 3.76. The summed E-state index contributed by atoms with van der Waals surface area (Å²) < 4.78 is 0. The molecule has 2 N–H and O–H groups in total. The van der Waals surface area contributed by atoms with E-state index in [0.717, 1.165) is 25.8 Å². The van der Waals surface area contributed by atoms with Crippen LogP contribution in [0.4, 0.5) is 4.79 Å². The van der Waals surface area contributed by atoms with Crippen LogP contribution < -0.4 is 5.32 Å². The molecule has 2 unspecified atom stereocenters. The summed E-state index contributed by atoms with van der Waals surface area (Å²) in [6, 6.07) is 0.545. The second-order valence-corrected chi connectivity index (χ2v) is 8.85. The van der Waals surface area contributed by atoms with Gasteiger partial charge in [-0.05, 0) is 75.5 Å². The van der Waals surface area contributed by atoms with Crippen molar-refractivity contribution >= 4 is 6.03 Å². The zero-order chi connectivity index (χ0) is 14.4. The molecule has 5 saturated carbocycles. The highest BCUT2D eigenvalue weighted by atomic mass is 16.3. The summed E-state index contributed by atoms with van der Waals surface area (Å²) in [5.74, 6) is 2.46. The number of hydrogen-bond donors (Lipinski definition) is 2. The molecule has 0 aromatic rings. The third kappa shape index (κ3) is 1.63. The van der Waals surface area contributed by atoms with Gasteiger partial charge in [-0.15, -0.1) is 0 Å². The lowest BCUT2D eigenvalue weighted by molar-refractivity contribution is -0.161. The predicted molar refractivity (Wildman–Crippen MR) is 78.7 cm³/mol. The van der Waals surface area contributed by atoms with Crippen LogP contribution in [0.3, 0.4) is 0 Å². The maximum atomic E-state index is 12.6. The summed E-state index contributed by atoms with van der Waals surface area (Å²) in [5, 5.41) is 13.9. The van der Waals surface area contributed by atoms with Gasteiger partial charge in [-0.25, -0.2) is 4.79 Å². The number of amides is 2. The Morgan fingerprint density at radius 1 is 1.19 bits per heavy atom. The maximum Gasteiger partial charge on any atom is 0.318 e. The number of hydrogen-bond acceptors (Lipinski definition) is 2. The van der Waals surface area contributed by atoms with E-state index in [-0.39, 0.29) is 11.6 Å². The van der Waals surface area contributed by atoms with Gasteiger partial charge < -0.3 is 15.3 Å². The summed E-state index contributed by atoms with van der Waals surface area (Å²) >= 11 is 0. The zero-order valence-electron chi connectivity index (χ0n) is 12.8. The Balaban J connectivity index is 1.51. The monoisotopic (exact) mass is 290 g/mol. The van der Waals surface area contributed by atoms with Crippen LogP contribution >= 0.6 is 0 Å². The number of carbonyl (C=O) groups excluding carboxylic acids is 1. The van der Waals surface area contributed by atoms with Crippen molar-refractivity contribution in [2.75, 3.05) is 6.54 Å². The second-order valence-electron chi connectivity index (χ2n) is 8.85. The summed E-state index contributed by atoms with van der Waals surface area (Å²) in [5.41, 5.74) is -0.376. The van der Waals surface area contributed by atoms with Crippen LogP contribution in [0.15, 0.2) is 0 Å². The molecule has 4 nitrogen and oxygen atoms in total. The molecule has 0 spiro atoms. The van der Waals surface area contributed by atoms with Crippen LogP contribution in [0, 0.1) is 23.7 Å². The fraction of sp³-hybridized carbons (Fsp3) is 0.941. The highest BCUT2D eigenvalue weighted by Gasteiger charge is 2.62. The van der Waals surface area contributed by atoms with Gasteiger partial charge in [0.05, 0.1) is 11.1 Å². The van der Waals surface area contributed by atoms with Crippen LogP contribution in [0.25, 0.3) is 0 Å². The molecule has 1 aliphatic heterocycles. The highest BCUT2D eigenvalue weighted by molar-refractivity contribution is 5.78. The van der Waals surface area contributed by atoms with Crippen molar-refractivity contribution in [3.8, 4) is 0 Å². The molecule has 3 atom stereocenters. The van der Waals surface area contributed by atoms with Crippen LogP contribution in [-0.2, 0) is 0 Å². The van der Waals surface area contributed by atoms with Gasteiger partial charge >= 0.3 is 6.03 Å². The first-order chi connectivity index (χ1) is 9.98. The molecule has 0 aromatic carbocycles. The van der Waals surface area contributed by atoms with Gasteiger partial charge in [-0.2, -0.15) is 0 Å². The Morgan fingerprint density at radius 3 is 2.43 bits per heavy atom. The topological polar surface area (TPSA) is 52.6 Å². The molecule has 21 heavy (non-hydrogen) atoms. The van der Waals surface area contributed by atoms with E-state index < -0.39 is 5.60 Å². The van der Waals surface area contributed by atoms with E-state index in [4.69, 9.17) is 0 Å². The zero-order valence-corrected chi connectivity index (χ0v) is 12.8. The van der Waals surface area contributed by atoms with Crippen molar-refractivity contribution in [1.82, 2.24) is 10.2 Å². The third-order valence-electron chi connectivity index (χ3n) is 7.31. The molecule has 0 radical (unpaired) electrons. The van der Waals surface area contributed by atoms with E-state index in [9.17, 15) is 9.90 Å². The average molecular weight is 290 g/mol. The molecule has 6 rings (SSSR count). The van der Waals surface area contributed by atoms with Gasteiger partial charge in [0.15, 0.2) is 0 Å². The van der Waals surface area contributed by atoms with Crippen LogP contribution in [-0.4, -0.2) is 39.8 Å². The SMILES string of the molecule is C[C@@]1(C2CC2)CNC(=O)N1C1C2CC3CC1CC(O)(C3)C2. The molecule has 1 saturated heterocycles. The van der Waals surface area contributed by atoms with Crippen molar-refractivity contribution in [1.29, 1.82) is 0 Å². The fourth-order valence-electron chi connectivity index (χ4n) is 6.56. The molecule has 6 aliphatic rings.